The highest BCUT2D eigenvalue weighted by Crippen LogP contribution is 2.66. The molecule has 1 aliphatic rings. The van der Waals surface area contributed by atoms with Crippen LogP contribution in [0, 0.1) is 6.92 Å². The number of alkyl halides is 1. The maximum absolute atomic E-state index is 15.0. The first-order chi connectivity index (χ1) is 15.5. The van der Waals surface area contributed by atoms with Crippen molar-refractivity contribution in [3.8, 4) is 0 Å². The highest BCUT2D eigenvalue weighted by atomic mass is 31.3. The summed E-state index contributed by atoms with van der Waals surface area (Å²) in [6, 6.07) is 0. The van der Waals surface area contributed by atoms with E-state index in [-0.39, 0.29) is 17.0 Å². The molecule has 1 fully saturated rings. The summed E-state index contributed by atoms with van der Waals surface area (Å²) in [5, 5.41) is 20.1. The van der Waals surface area contributed by atoms with Crippen molar-refractivity contribution >= 4 is 34.6 Å². The summed E-state index contributed by atoms with van der Waals surface area (Å²) in [6.07, 6.45) is -5.37. The van der Waals surface area contributed by atoms with Gasteiger partial charge in [0.2, 0.25) is 0 Å². The molecule has 0 radical (unpaired) electrons. The van der Waals surface area contributed by atoms with Gasteiger partial charge in [-0.05, 0) is 6.92 Å². The summed E-state index contributed by atoms with van der Waals surface area (Å²) in [7, 11) is -17.1. The molecule has 2 unspecified atom stereocenters. The van der Waals surface area contributed by atoms with Crippen LogP contribution in [0.2, 0.25) is 0 Å². The number of aryl methyl sites for hydroxylation is 1. The molecule has 22 heteroatoms. The van der Waals surface area contributed by atoms with Gasteiger partial charge in [0.05, 0.1) is 19.5 Å². The number of imidazole rings is 1. The van der Waals surface area contributed by atoms with Crippen LogP contribution in [0.5, 0.6) is 0 Å². The molecule has 0 spiro atoms. The van der Waals surface area contributed by atoms with Gasteiger partial charge in [-0.25, -0.2) is 28.1 Å². The Hall–Kier alpha value is -1.43. The third kappa shape index (κ3) is 5.68. The molecule has 3 heterocycles. The molecular formula is C12H18FN4O14P3. The maximum Gasteiger partial charge on any atom is 0.490 e. The van der Waals surface area contributed by atoms with Crippen LogP contribution in [0.3, 0.4) is 0 Å². The second-order valence-electron chi connectivity index (χ2n) is 6.96. The van der Waals surface area contributed by atoms with E-state index < -0.39 is 66.3 Å². The van der Waals surface area contributed by atoms with Crippen LogP contribution in [-0.4, -0.2) is 80.4 Å². The van der Waals surface area contributed by atoms with E-state index in [1.54, 1.807) is 0 Å². The average Bonchev–Trinajstić information content (AvgIpc) is 3.18. The van der Waals surface area contributed by atoms with E-state index in [1.807, 2.05) is 0 Å². The number of phosphoric ester groups is 1. The lowest BCUT2D eigenvalue weighted by Gasteiger charge is -2.30. The van der Waals surface area contributed by atoms with Gasteiger partial charge >= 0.3 is 23.5 Å². The zero-order valence-corrected chi connectivity index (χ0v) is 19.4. The fourth-order valence-corrected chi connectivity index (χ4v) is 6.12. The molecule has 0 aliphatic carbocycles. The molecule has 0 saturated carbocycles. The van der Waals surface area contributed by atoms with Gasteiger partial charge in [-0.1, -0.05) is 0 Å². The highest BCUT2D eigenvalue weighted by Gasteiger charge is 2.57. The summed E-state index contributed by atoms with van der Waals surface area (Å²) < 4.78 is 66.8. The molecule has 3 rings (SSSR count). The largest absolute Gasteiger partial charge is 0.490 e. The number of phosphoric acid groups is 3. The molecule has 0 aromatic carbocycles. The van der Waals surface area contributed by atoms with Crippen molar-refractivity contribution in [2.24, 2.45) is 0 Å². The van der Waals surface area contributed by atoms with Gasteiger partial charge in [-0.3, -0.25) is 13.9 Å². The standard InChI is InChI=1S/C12H18FN4O14P3/c1-5-15-9-7(10(20)16-5)14-4-17(9)11-6(13)8(19)12(2-18,29-11)3-28-33(24,25)31-34(26,27)30-32(21,22)23/h4,6,8,11,18-19H,2-3H2,1H3,(H,24,25)(H,26,27)(H,15,16,20)(H2,21,22,23)/t6-,8+,11-,12-/m1/s1. The van der Waals surface area contributed by atoms with E-state index in [4.69, 9.17) is 14.5 Å². The number of H-pyrrole nitrogens is 1. The predicted molar refractivity (Wildman–Crippen MR) is 104 cm³/mol. The molecule has 2 aromatic heterocycles. The summed E-state index contributed by atoms with van der Waals surface area (Å²) in [4.78, 5) is 58.0. The molecular weight excluding hydrogens is 536 g/mol. The van der Waals surface area contributed by atoms with Crippen molar-refractivity contribution in [2.45, 2.75) is 31.0 Å². The van der Waals surface area contributed by atoms with E-state index in [2.05, 4.69) is 28.1 Å². The third-order valence-corrected chi connectivity index (χ3v) is 8.23. The van der Waals surface area contributed by atoms with Crippen molar-refractivity contribution in [3.63, 3.8) is 0 Å². The molecule has 192 valence electrons. The molecule has 1 aliphatic heterocycles. The van der Waals surface area contributed by atoms with Crippen molar-refractivity contribution in [2.75, 3.05) is 13.2 Å². The SMILES string of the molecule is Cc1nc2c(ncn2[C@@H]2O[C@](CO)(COP(=O)(O)OP(=O)(O)OP(=O)(O)O)[C@@H](O)[C@H]2F)c(=O)[nH]1. The van der Waals surface area contributed by atoms with E-state index in [9.17, 15) is 42.9 Å². The lowest BCUT2D eigenvalue weighted by Crippen LogP contribution is -2.49. The first-order valence-corrected chi connectivity index (χ1v) is 13.3. The number of hydrogen-bond donors (Lipinski definition) is 7. The molecule has 1 saturated heterocycles. The fraction of sp³-hybridized carbons (Fsp3) is 0.583. The quantitative estimate of drug-likeness (QED) is 0.178. The number of nitrogens with zero attached hydrogens (tertiary/aromatic N) is 3. The van der Waals surface area contributed by atoms with Crippen LogP contribution in [0.25, 0.3) is 11.2 Å². The zero-order chi connectivity index (χ0) is 25.7. The summed E-state index contributed by atoms with van der Waals surface area (Å²) in [6.45, 7) is -1.12. The third-order valence-electron chi connectivity index (χ3n) is 4.45. The van der Waals surface area contributed by atoms with Crippen molar-refractivity contribution < 1.29 is 65.8 Å². The molecule has 0 bridgehead atoms. The van der Waals surface area contributed by atoms with Gasteiger partial charge in [0.15, 0.2) is 23.6 Å². The predicted octanol–water partition coefficient (Wildman–Crippen LogP) is -1.27. The van der Waals surface area contributed by atoms with Crippen molar-refractivity contribution in [1.82, 2.24) is 19.5 Å². The second kappa shape index (κ2) is 9.22. The number of halogens is 1. The van der Waals surface area contributed by atoms with E-state index in [1.165, 1.54) is 6.92 Å². The number of aromatic amines is 1. The van der Waals surface area contributed by atoms with Crippen LogP contribution < -0.4 is 5.56 Å². The minimum Gasteiger partial charge on any atom is -0.393 e. The van der Waals surface area contributed by atoms with Crippen LogP contribution in [0.1, 0.15) is 12.1 Å². The topological polar surface area (TPSA) is 273 Å². The summed E-state index contributed by atoms with van der Waals surface area (Å²) >= 11 is 0. The van der Waals surface area contributed by atoms with E-state index >= 15 is 0 Å². The molecule has 18 nitrogen and oxygen atoms in total. The first-order valence-electron chi connectivity index (χ1n) is 8.82. The number of ether oxygens (including phenoxy) is 1. The van der Waals surface area contributed by atoms with Gasteiger partial charge in [0.1, 0.15) is 17.5 Å². The minimum atomic E-state index is -5.84. The Morgan fingerprint density at radius 1 is 1.24 bits per heavy atom. The lowest BCUT2D eigenvalue weighted by atomic mass is 9.98. The Morgan fingerprint density at radius 2 is 1.88 bits per heavy atom. The number of aliphatic hydroxyl groups is 2. The van der Waals surface area contributed by atoms with Gasteiger partial charge in [0.25, 0.3) is 5.56 Å². The van der Waals surface area contributed by atoms with Gasteiger partial charge in [0, 0.05) is 0 Å². The average molecular weight is 554 g/mol. The van der Waals surface area contributed by atoms with Gasteiger partial charge in [-0.2, -0.15) is 8.62 Å². The molecule has 6 atom stereocenters. The Balaban J connectivity index is 1.83. The van der Waals surface area contributed by atoms with Crippen LogP contribution in [0.15, 0.2) is 11.1 Å². The first kappa shape index (κ1) is 27.2. The highest BCUT2D eigenvalue weighted by molar-refractivity contribution is 7.66. The number of rotatable bonds is 9. The van der Waals surface area contributed by atoms with Gasteiger partial charge in [-0.15, -0.1) is 0 Å². The Bertz CT molecular complexity index is 1280. The number of aliphatic hydroxyl groups excluding tert-OH is 2. The summed E-state index contributed by atoms with van der Waals surface area (Å²) in [5.41, 5.74) is -3.47. The maximum atomic E-state index is 15.0. The molecule has 7 N–H and O–H groups in total. The Kier molecular flexibility index (Phi) is 7.37. The molecule has 0 amide bonds. The minimum absolute atomic E-state index is 0.134. The number of aromatic nitrogens is 4. The van der Waals surface area contributed by atoms with Crippen LogP contribution in [0.4, 0.5) is 4.39 Å². The number of hydrogen-bond acceptors (Lipinski definition) is 12. The zero-order valence-electron chi connectivity index (χ0n) is 16.7. The lowest BCUT2D eigenvalue weighted by molar-refractivity contribution is -0.146. The van der Waals surface area contributed by atoms with Crippen LogP contribution >= 0.6 is 23.5 Å². The van der Waals surface area contributed by atoms with Gasteiger partial charge < -0.3 is 39.5 Å². The molecule has 2 aromatic rings. The Labute approximate surface area is 187 Å². The summed E-state index contributed by atoms with van der Waals surface area (Å²) in [5.74, 6) is 0.134. The smallest absolute Gasteiger partial charge is 0.393 e. The van der Waals surface area contributed by atoms with Crippen molar-refractivity contribution in [3.05, 3.63) is 22.5 Å². The Morgan fingerprint density at radius 3 is 2.47 bits per heavy atom. The molecule has 34 heavy (non-hydrogen) atoms. The number of nitrogens with one attached hydrogen (secondary N) is 1. The normalized spacial score (nSPS) is 29.2. The second-order valence-corrected chi connectivity index (χ2v) is 11.4. The fourth-order valence-electron chi connectivity index (χ4n) is 3.04. The van der Waals surface area contributed by atoms with Crippen LogP contribution in [-0.2, 0) is 31.6 Å². The van der Waals surface area contributed by atoms with E-state index in [0.717, 1.165) is 10.9 Å². The van der Waals surface area contributed by atoms with Crippen molar-refractivity contribution in [1.29, 1.82) is 0 Å². The van der Waals surface area contributed by atoms with E-state index in [0.29, 0.717) is 0 Å². The monoisotopic (exact) mass is 554 g/mol. The number of fused-ring (bicyclic) bond motifs is 1.